The summed E-state index contributed by atoms with van der Waals surface area (Å²) >= 11 is 0. The maximum absolute atomic E-state index is 4.40. The number of hydrogen-bond acceptors (Lipinski definition) is 1. The average molecular weight is 209 g/mol. The van der Waals surface area contributed by atoms with Crippen LogP contribution in [0.5, 0.6) is 0 Å². The van der Waals surface area contributed by atoms with Crippen LogP contribution in [-0.2, 0) is 0 Å². The van der Waals surface area contributed by atoms with E-state index in [1.807, 2.05) is 0 Å². The van der Waals surface area contributed by atoms with E-state index in [9.17, 15) is 0 Å². The molecule has 14 heavy (non-hydrogen) atoms. The van der Waals surface area contributed by atoms with Crippen LogP contribution in [0.1, 0.15) is 61.7 Å². The highest BCUT2D eigenvalue weighted by molar-refractivity contribution is 7.26. The average Bonchev–Trinajstić information content (AvgIpc) is 2.51. The van der Waals surface area contributed by atoms with Gasteiger partial charge >= 0.3 is 0 Å². The van der Waals surface area contributed by atoms with E-state index in [0.29, 0.717) is 0 Å². The highest BCUT2D eigenvalue weighted by Gasteiger charge is 2.15. The Balaban J connectivity index is 2.04. The molecule has 1 atom stereocenters. The van der Waals surface area contributed by atoms with Crippen LogP contribution in [0.3, 0.4) is 0 Å². The van der Waals surface area contributed by atoms with Gasteiger partial charge in [0, 0.05) is 6.20 Å². The van der Waals surface area contributed by atoms with Gasteiger partial charge in [0.1, 0.15) is 0 Å². The van der Waals surface area contributed by atoms with E-state index in [2.05, 4.69) is 17.9 Å². The third-order valence-electron chi connectivity index (χ3n) is 3.38. The Labute approximate surface area is 88.5 Å². The van der Waals surface area contributed by atoms with Gasteiger partial charge in [-0.2, -0.15) is 0 Å². The topological polar surface area (TPSA) is 12.9 Å². The Morgan fingerprint density at radius 1 is 1.14 bits per heavy atom. The minimum atomic E-state index is 0.755. The summed E-state index contributed by atoms with van der Waals surface area (Å²) in [7, 11) is 0.755. The van der Waals surface area contributed by atoms with Crippen LogP contribution in [0.4, 0.5) is 0 Å². The van der Waals surface area contributed by atoms with Gasteiger partial charge in [0.2, 0.25) is 0 Å². The maximum Gasteiger partial charge on any atom is 0.0342 e. The van der Waals surface area contributed by atoms with Crippen LogP contribution >= 0.6 is 8.35 Å². The molecule has 0 aliphatic heterocycles. The molecule has 1 aromatic rings. The zero-order valence-electron chi connectivity index (χ0n) is 9.05. The molecule has 2 rings (SSSR count). The summed E-state index contributed by atoms with van der Waals surface area (Å²) < 4.78 is 4.40. The first-order valence-corrected chi connectivity index (χ1v) is 6.82. The van der Waals surface area contributed by atoms with Crippen molar-refractivity contribution in [3.8, 4) is 0 Å². The van der Waals surface area contributed by atoms with E-state index in [1.165, 1.54) is 50.5 Å². The van der Waals surface area contributed by atoms with Gasteiger partial charge in [0.05, 0.1) is 0 Å². The van der Waals surface area contributed by atoms with Gasteiger partial charge in [-0.3, -0.25) is 0 Å². The second-order valence-corrected chi connectivity index (χ2v) is 5.53. The minimum absolute atomic E-state index is 0.755. The summed E-state index contributed by atoms with van der Waals surface area (Å²) in [6.45, 7) is 2.23. The molecule has 0 aromatic carbocycles. The quantitative estimate of drug-likeness (QED) is 0.673. The van der Waals surface area contributed by atoms with Crippen molar-refractivity contribution in [3.05, 3.63) is 17.1 Å². The number of hydrogen-bond donors (Lipinski definition) is 0. The highest BCUT2D eigenvalue weighted by atomic mass is 31.0. The molecular formula is C12H20NP. The fourth-order valence-electron chi connectivity index (χ4n) is 2.51. The van der Waals surface area contributed by atoms with Crippen molar-refractivity contribution in [1.82, 2.24) is 4.75 Å². The predicted molar refractivity (Wildman–Crippen MR) is 63.5 cm³/mol. The molecule has 1 heterocycles. The lowest BCUT2D eigenvalue weighted by Crippen LogP contribution is -2.01. The Hall–Kier alpha value is -0.290. The summed E-state index contributed by atoms with van der Waals surface area (Å²) in [5, 5.41) is 1.67. The number of aromatic nitrogens is 1. The first kappa shape index (κ1) is 10.2. The summed E-state index contributed by atoms with van der Waals surface area (Å²) in [4.78, 5) is 0. The van der Waals surface area contributed by atoms with Crippen molar-refractivity contribution in [3.63, 3.8) is 0 Å². The summed E-state index contributed by atoms with van der Waals surface area (Å²) in [6, 6.07) is 0. The largest absolute Gasteiger partial charge is 0.248 e. The lowest BCUT2D eigenvalue weighted by atomic mass is 9.89. The molecule has 0 bridgehead atoms. The lowest BCUT2D eigenvalue weighted by molar-refractivity contribution is 0.459. The van der Waals surface area contributed by atoms with Crippen LogP contribution < -0.4 is 0 Å². The first-order chi connectivity index (χ1) is 6.88. The third kappa shape index (κ3) is 2.39. The monoisotopic (exact) mass is 209 g/mol. The predicted octanol–water partition coefficient (Wildman–Crippen LogP) is 4.25. The molecule has 0 N–H and O–H groups in total. The van der Waals surface area contributed by atoms with Gasteiger partial charge in [-0.15, -0.1) is 0 Å². The van der Waals surface area contributed by atoms with Crippen LogP contribution in [0, 0.1) is 6.92 Å². The molecule has 0 saturated heterocycles. The smallest absolute Gasteiger partial charge is 0.0342 e. The molecule has 0 spiro atoms. The molecule has 1 aliphatic carbocycles. The summed E-state index contributed by atoms with van der Waals surface area (Å²) in [5.41, 5.74) is 1.47. The van der Waals surface area contributed by atoms with Crippen LogP contribution in [-0.4, -0.2) is 4.75 Å². The second kappa shape index (κ2) is 4.98. The van der Waals surface area contributed by atoms with Gasteiger partial charge in [0.25, 0.3) is 0 Å². The van der Waals surface area contributed by atoms with Crippen molar-refractivity contribution in [2.75, 3.05) is 0 Å². The van der Waals surface area contributed by atoms with Crippen LogP contribution in [0.15, 0.2) is 6.20 Å². The first-order valence-electron chi connectivity index (χ1n) is 5.88. The zero-order valence-corrected chi connectivity index (χ0v) is 10.1. The molecule has 1 aliphatic rings. The highest BCUT2D eigenvalue weighted by Crippen LogP contribution is 2.36. The van der Waals surface area contributed by atoms with Crippen molar-refractivity contribution < 1.29 is 0 Å². The van der Waals surface area contributed by atoms with E-state index >= 15 is 0 Å². The van der Waals surface area contributed by atoms with Crippen LogP contribution in [0.25, 0.3) is 0 Å². The van der Waals surface area contributed by atoms with Gasteiger partial charge in [0.15, 0.2) is 0 Å². The minimum Gasteiger partial charge on any atom is -0.248 e. The van der Waals surface area contributed by atoms with E-state index < -0.39 is 0 Å². The van der Waals surface area contributed by atoms with Gasteiger partial charge in [-0.25, -0.2) is 4.75 Å². The molecule has 0 amide bonds. The number of nitrogens with zero attached hydrogens (tertiary/aromatic N) is 1. The van der Waals surface area contributed by atoms with E-state index in [1.54, 1.807) is 5.30 Å². The molecule has 0 radical (unpaired) electrons. The molecular weight excluding hydrogens is 189 g/mol. The standard InChI is InChI=1S/C12H20NP/c1-10-9-13-14-12(10)11-7-5-3-2-4-6-8-11/h9,11,14H,2-8H2,1H3. The van der Waals surface area contributed by atoms with E-state index in [-0.39, 0.29) is 0 Å². The molecule has 1 saturated carbocycles. The Morgan fingerprint density at radius 2 is 1.79 bits per heavy atom. The van der Waals surface area contributed by atoms with Crippen LogP contribution in [0.2, 0.25) is 0 Å². The van der Waals surface area contributed by atoms with Crippen molar-refractivity contribution in [1.29, 1.82) is 0 Å². The summed E-state index contributed by atoms with van der Waals surface area (Å²) in [6.07, 6.45) is 12.2. The number of aryl methyl sites for hydroxylation is 1. The SMILES string of the molecule is Cc1cn[pH]c1C1CCCCCCC1. The molecule has 1 unspecified atom stereocenters. The number of rotatable bonds is 1. The zero-order chi connectivity index (χ0) is 9.80. The second-order valence-electron chi connectivity index (χ2n) is 4.51. The van der Waals surface area contributed by atoms with Gasteiger partial charge < -0.3 is 0 Å². The van der Waals surface area contributed by atoms with Gasteiger partial charge in [-0.05, 0) is 44.9 Å². The Bertz CT molecular complexity index is 272. The molecule has 1 aromatic heterocycles. The van der Waals surface area contributed by atoms with E-state index in [0.717, 1.165) is 14.3 Å². The summed E-state index contributed by atoms with van der Waals surface area (Å²) in [5.74, 6) is 0.871. The van der Waals surface area contributed by atoms with Gasteiger partial charge in [-0.1, -0.05) is 32.1 Å². The Morgan fingerprint density at radius 3 is 2.36 bits per heavy atom. The van der Waals surface area contributed by atoms with Crippen molar-refractivity contribution in [2.45, 2.75) is 57.8 Å². The molecule has 2 heteroatoms. The third-order valence-corrected chi connectivity index (χ3v) is 4.68. The van der Waals surface area contributed by atoms with Crippen molar-refractivity contribution in [2.24, 2.45) is 0 Å². The fourth-order valence-corrected chi connectivity index (χ4v) is 3.62. The lowest BCUT2D eigenvalue weighted by Gasteiger charge is -2.19. The Kier molecular flexibility index (Phi) is 3.64. The van der Waals surface area contributed by atoms with E-state index in [4.69, 9.17) is 0 Å². The fraction of sp³-hybridized carbons (Fsp3) is 0.750. The normalized spacial score (nSPS) is 20.9. The maximum atomic E-state index is 4.40. The molecule has 78 valence electrons. The molecule has 1 nitrogen and oxygen atoms in total. The van der Waals surface area contributed by atoms with Crippen molar-refractivity contribution >= 4 is 8.35 Å². The molecule has 1 fully saturated rings.